The van der Waals surface area contributed by atoms with E-state index in [1.54, 1.807) is 0 Å². The standard InChI is InChI=1S/C15H25N3O/c1-4-16-15-12-9-7-6-8-10-13(12)17-14(18-15)11(3)19-5-2/h11H,4-10H2,1-3H3,(H,16,17,18). The van der Waals surface area contributed by atoms with Crippen LogP contribution in [0.2, 0.25) is 0 Å². The van der Waals surface area contributed by atoms with Crippen molar-refractivity contribution in [3.05, 3.63) is 17.1 Å². The quantitative estimate of drug-likeness (QED) is 0.828. The summed E-state index contributed by atoms with van der Waals surface area (Å²) in [5.74, 6) is 1.84. The minimum atomic E-state index is -0.0315. The van der Waals surface area contributed by atoms with Crippen LogP contribution < -0.4 is 5.32 Å². The number of fused-ring (bicyclic) bond motifs is 1. The van der Waals surface area contributed by atoms with Gasteiger partial charge in [0.25, 0.3) is 0 Å². The molecule has 1 atom stereocenters. The Labute approximate surface area is 116 Å². The molecule has 0 spiro atoms. The molecule has 4 heteroatoms. The fourth-order valence-electron chi connectivity index (χ4n) is 2.61. The largest absolute Gasteiger partial charge is 0.371 e. The molecule has 2 rings (SSSR count). The fraction of sp³-hybridized carbons (Fsp3) is 0.733. The average molecular weight is 263 g/mol. The number of hydrogen-bond acceptors (Lipinski definition) is 4. The third-order valence-electron chi connectivity index (χ3n) is 3.57. The molecule has 1 aromatic rings. The van der Waals surface area contributed by atoms with E-state index in [0.717, 1.165) is 31.0 Å². The summed E-state index contributed by atoms with van der Waals surface area (Å²) in [6.45, 7) is 7.73. The Hall–Kier alpha value is -1.16. The molecule has 0 amide bonds. The molecule has 106 valence electrons. The van der Waals surface area contributed by atoms with Crippen molar-refractivity contribution >= 4 is 5.82 Å². The average Bonchev–Trinajstić information content (AvgIpc) is 2.64. The molecule has 4 nitrogen and oxygen atoms in total. The second-order valence-electron chi connectivity index (χ2n) is 5.04. The lowest BCUT2D eigenvalue weighted by molar-refractivity contribution is 0.0699. The van der Waals surface area contributed by atoms with Gasteiger partial charge in [0.05, 0.1) is 0 Å². The Morgan fingerprint density at radius 2 is 1.95 bits per heavy atom. The van der Waals surface area contributed by atoms with E-state index in [2.05, 4.69) is 17.2 Å². The number of rotatable bonds is 5. The summed E-state index contributed by atoms with van der Waals surface area (Å²) in [6.07, 6.45) is 5.91. The smallest absolute Gasteiger partial charge is 0.159 e. The molecule has 0 radical (unpaired) electrons. The molecule has 0 saturated heterocycles. The lowest BCUT2D eigenvalue weighted by Crippen LogP contribution is -2.13. The summed E-state index contributed by atoms with van der Waals surface area (Å²) in [6, 6.07) is 0. The molecule has 0 aromatic carbocycles. The predicted octanol–water partition coefficient (Wildman–Crippen LogP) is 3.27. The van der Waals surface area contributed by atoms with E-state index >= 15 is 0 Å². The van der Waals surface area contributed by atoms with E-state index in [1.165, 1.54) is 30.5 Å². The first-order valence-corrected chi connectivity index (χ1v) is 7.51. The normalized spacial score (nSPS) is 16.6. The first-order chi connectivity index (χ1) is 9.26. The monoisotopic (exact) mass is 263 g/mol. The summed E-state index contributed by atoms with van der Waals surface area (Å²) >= 11 is 0. The molecule has 1 heterocycles. The number of hydrogen-bond donors (Lipinski definition) is 1. The second kappa shape index (κ2) is 6.85. The van der Waals surface area contributed by atoms with Crippen molar-refractivity contribution in [1.82, 2.24) is 9.97 Å². The number of ether oxygens (including phenoxy) is 1. The van der Waals surface area contributed by atoms with Crippen LogP contribution in [-0.4, -0.2) is 23.1 Å². The van der Waals surface area contributed by atoms with Gasteiger partial charge in [0.15, 0.2) is 5.82 Å². The maximum Gasteiger partial charge on any atom is 0.159 e. The molecule has 0 fully saturated rings. The van der Waals surface area contributed by atoms with Gasteiger partial charge < -0.3 is 10.1 Å². The van der Waals surface area contributed by atoms with Gasteiger partial charge in [-0.15, -0.1) is 0 Å². The molecule has 19 heavy (non-hydrogen) atoms. The number of aryl methyl sites for hydroxylation is 1. The van der Waals surface area contributed by atoms with Crippen molar-refractivity contribution in [2.45, 2.75) is 59.0 Å². The SMILES string of the molecule is CCNc1nc(C(C)OCC)nc2c1CCCCC2. The summed E-state index contributed by atoms with van der Waals surface area (Å²) in [5.41, 5.74) is 2.55. The minimum Gasteiger partial charge on any atom is -0.371 e. The van der Waals surface area contributed by atoms with Crippen LogP contribution in [-0.2, 0) is 17.6 Å². The van der Waals surface area contributed by atoms with Crippen LogP contribution in [0.4, 0.5) is 5.82 Å². The van der Waals surface area contributed by atoms with Gasteiger partial charge in [-0.05, 0) is 46.5 Å². The molecule has 1 unspecified atom stereocenters. The van der Waals surface area contributed by atoms with Gasteiger partial charge in [-0.1, -0.05) is 6.42 Å². The molecule has 1 N–H and O–H groups in total. The fourth-order valence-corrected chi connectivity index (χ4v) is 2.61. The highest BCUT2D eigenvalue weighted by Crippen LogP contribution is 2.26. The van der Waals surface area contributed by atoms with Crippen molar-refractivity contribution in [3.63, 3.8) is 0 Å². The molecular formula is C15H25N3O. The first-order valence-electron chi connectivity index (χ1n) is 7.51. The molecule has 1 aromatic heterocycles. The van der Waals surface area contributed by atoms with Gasteiger partial charge in [0.2, 0.25) is 0 Å². The Morgan fingerprint density at radius 1 is 1.16 bits per heavy atom. The van der Waals surface area contributed by atoms with E-state index in [9.17, 15) is 0 Å². The van der Waals surface area contributed by atoms with Gasteiger partial charge in [-0.3, -0.25) is 0 Å². The van der Waals surface area contributed by atoms with Crippen molar-refractivity contribution < 1.29 is 4.74 Å². The summed E-state index contributed by atoms with van der Waals surface area (Å²) in [4.78, 5) is 9.45. The van der Waals surface area contributed by atoms with Crippen LogP contribution in [0.1, 0.15) is 63.2 Å². The van der Waals surface area contributed by atoms with Gasteiger partial charge >= 0.3 is 0 Å². The predicted molar refractivity (Wildman–Crippen MR) is 77.5 cm³/mol. The Kier molecular flexibility index (Phi) is 5.14. The summed E-state index contributed by atoms with van der Waals surface area (Å²) < 4.78 is 5.63. The van der Waals surface area contributed by atoms with Crippen LogP contribution in [0.15, 0.2) is 0 Å². The van der Waals surface area contributed by atoms with Crippen molar-refractivity contribution in [3.8, 4) is 0 Å². The van der Waals surface area contributed by atoms with Crippen LogP contribution in [0, 0.1) is 0 Å². The number of nitrogens with one attached hydrogen (secondary N) is 1. The second-order valence-corrected chi connectivity index (χ2v) is 5.04. The lowest BCUT2D eigenvalue weighted by atomic mass is 10.1. The highest BCUT2D eigenvalue weighted by molar-refractivity contribution is 5.47. The number of anilines is 1. The molecule has 0 bridgehead atoms. The third-order valence-corrected chi connectivity index (χ3v) is 3.57. The molecule has 0 aliphatic heterocycles. The number of nitrogens with zero attached hydrogens (tertiary/aromatic N) is 2. The van der Waals surface area contributed by atoms with Gasteiger partial charge in [0, 0.05) is 24.4 Å². The Bertz CT molecular complexity index is 420. The summed E-state index contributed by atoms with van der Waals surface area (Å²) in [7, 11) is 0. The highest BCUT2D eigenvalue weighted by Gasteiger charge is 2.19. The van der Waals surface area contributed by atoms with Crippen molar-refractivity contribution in [2.24, 2.45) is 0 Å². The number of aromatic nitrogens is 2. The van der Waals surface area contributed by atoms with Crippen LogP contribution in [0.5, 0.6) is 0 Å². The maximum absolute atomic E-state index is 5.63. The molecule has 0 saturated carbocycles. The highest BCUT2D eigenvalue weighted by atomic mass is 16.5. The molecule has 1 aliphatic rings. The zero-order valence-corrected chi connectivity index (χ0v) is 12.3. The van der Waals surface area contributed by atoms with Crippen molar-refractivity contribution in [1.29, 1.82) is 0 Å². The van der Waals surface area contributed by atoms with Crippen LogP contribution >= 0.6 is 0 Å². The zero-order valence-electron chi connectivity index (χ0n) is 12.3. The van der Waals surface area contributed by atoms with Crippen molar-refractivity contribution in [2.75, 3.05) is 18.5 Å². The lowest BCUT2D eigenvalue weighted by Gasteiger charge is -2.17. The minimum absolute atomic E-state index is 0.0315. The first kappa shape index (κ1) is 14.3. The van der Waals surface area contributed by atoms with Gasteiger partial charge in [0.1, 0.15) is 11.9 Å². The Balaban J connectivity index is 2.36. The van der Waals surface area contributed by atoms with Gasteiger partial charge in [-0.25, -0.2) is 9.97 Å². The van der Waals surface area contributed by atoms with Crippen LogP contribution in [0.25, 0.3) is 0 Å². The molecular weight excluding hydrogens is 238 g/mol. The van der Waals surface area contributed by atoms with E-state index in [-0.39, 0.29) is 6.10 Å². The maximum atomic E-state index is 5.63. The van der Waals surface area contributed by atoms with Gasteiger partial charge in [-0.2, -0.15) is 0 Å². The summed E-state index contributed by atoms with van der Waals surface area (Å²) in [5, 5.41) is 3.39. The molecule has 1 aliphatic carbocycles. The van der Waals surface area contributed by atoms with E-state index < -0.39 is 0 Å². The van der Waals surface area contributed by atoms with E-state index in [4.69, 9.17) is 9.72 Å². The topological polar surface area (TPSA) is 47.0 Å². The zero-order chi connectivity index (χ0) is 13.7. The van der Waals surface area contributed by atoms with Crippen LogP contribution in [0.3, 0.4) is 0 Å². The Morgan fingerprint density at radius 3 is 2.68 bits per heavy atom. The third kappa shape index (κ3) is 3.44. The van der Waals surface area contributed by atoms with E-state index in [0.29, 0.717) is 6.61 Å². The van der Waals surface area contributed by atoms with E-state index in [1.807, 2.05) is 13.8 Å².